The highest BCUT2D eigenvalue weighted by Gasteiger charge is 2.04. The Kier molecular flexibility index (Phi) is 10.1. The normalized spacial score (nSPS) is 12.3. The highest BCUT2D eigenvalue weighted by atomic mass is 16.5. The van der Waals surface area contributed by atoms with Crippen molar-refractivity contribution in [3.05, 3.63) is 0 Å². The molecule has 0 aromatic carbocycles. The summed E-state index contributed by atoms with van der Waals surface area (Å²) in [4.78, 5) is 2.05. The zero-order chi connectivity index (χ0) is 12.2. The van der Waals surface area contributed by atoms with Crippen LogP contribution in [0.25, 0.3) is 0 Å². The van der Waals surface area contributed by atoms with E-state index in [-0.39, 0.29) is 5.84 Å². The van der Waals surface area contributed by atoms with Crippen LogP contribution in [0.2, 0.25) is 0 Å². The minimum absolute atomic E-state index is 0.223. The van der Waals surface area contributed by atoms with Crippen LogP contribution in [0.1, 0.15) is 13.3 Å². The monoisotopic (exact) mass is 233 g/mol. The van der Waals surface area contributed by atoms with Gasteiger partial charge in [-0.05, 0) is 13.0 Å². The lowest BCUT2D eigenvalue weighted by Gasteiger charge is -2.19. The number of hydrogen-bond acceptors (Lipinski definition) is 5. The summed E-state index contributed by atoms with van der Waals surface area (Å²) >= 11 is 0. The van der Waals surface area contributed by atoms with Crippen molar-refractivity contribution in [2.24, 2.45) is 10.9 Å². The van der Waals surface area contributed by atoms with Gasteiger partial charge in [-0.25, -0.2) is 0 Å². The quantitative estimate of drug-likeness (QED) is 0.184. The molecule has 0 spiro atoms. The number of nitrogens with zero attached hydrogens (tertiary/aromatic N) is 2. The van der Waals surface area contributed by atoms with Crippen LogP contribution < -0.4 is 5.73 Å². The molecule has 0 unspecified atom stereocenters. The summed E-state index contributed by atoms with van der Waals surface area (Å²) in [5.74, 6) is 0.223. The largest absolute Gasteiger partial charge is 0.409 e. The number of ether oxygens (including phenoxy) is 2. The zero-order valence-corrected chi connectivity index (χ0v) is 10.2. The predicted molar refractivity (Wildman–Crippen MR) is 62.8 cm³/mol. The van der Waals surface area contributed by atoms with Crippen molar-refractivity contribution < 1.29 is 14.7 Å². The molecule has 0 aliphatic carbocycles. The maximum absolute atomic E-state index is 8.44. The molecule has 96 valence electrons. The van der Waals surface area contributed by atoms with Crippen LogP contribution in [0.5, 0.6) is 0 Å². The smallest absolute Gasteiger partial charge is 0.153 e. The van der Waals surface area contributed by atoms with Crippen molar-refractivity contribution in [1.29, 1.82) is 0 Å². The summed E-state index contributed by atoms with van der Waals surface area (Å²) in [6.45, 7) is 6.19. The molecule has 0 atom stereocenters. The third-order valence-electron chi connectivity index (χ3n) is 2.15. The van der Waals surface area contributed by atoms with Crippen molar-refractivity contribution in [3.8, 4) is 0 Å². The Hall–Kier alpha value is -0.850. The van der Waals surface area contributed by atoms with Gasteiger partial charge in [0.25, 0.3) is 0 Å². The Balaban J connectivity index is 3.48. The van der Waals surface area contributed by atoms with Gasteiger partial charge in [-0.3, -0.25) is 4.90 Å². The summed E-state index contributed by atoms with van der Waals surface area (Å²) in [5, 5.41) is 11.4. The summed E-state index contributed by atoms with van der Waals surface area (Å²) in [7, 11) is 1.68. The lowest BCUT2D eigenvalue weighted by Crippen LogP contribution is -2.36. The first-order chi connectivity index (χ1) is 7.74. The first-order valence-corrected chi connectivity index (χ1v) is 5.50. The van der Waals surface area contributed by atoms with Gasteiger partial charge in [0.2, 0.25) is 0 Å². The fourth-order valence-corrected chi connectivity index (χ4v) is 1.21. The number of rotatable bonds is 10. The Morgan fingerprint density at radius 3 is 2.69 bits per heavy atom. The lowest BCUT2D eigenvalue weighted by molar-refractivity contribution is 0.0876. The average molecular weight is 233 g/mol. The fraction of sp³-hybridized carbons (Fsp3) is 0.900. The fourth-order valence-electron chi connectivity index (χ4n) is 1.21. The Morgan fingerprint density at radius 2 is 2.12 bits per heavy atom. The van der Waals surface area contributed by atoms with Crippen LogP contribution in [0.15, 0.2) is 5.16 Å². The number of likely N-dealkylation sites (N-methyl/N-ethyl adjacent to an activating group) is 1. The van der Waals surface area contributed by atoms with Crippen molar-refractivity contribution in [3.63, 3.8) is 0 Å². The summed E-state index contributed by atoms with van der Waals surface area (Å²) < 4.78 is 10.3. The maximum Gasteiger partial charge on any atom is 0.153 e. The molecule has 6 nitrogen and oxygen atoms in total. The van der Waals surface area contributed by atoms with E-state index in [1.807, 2.05) is 11.8 Å². The molecule has 0 amide bonds. The molecule has 6 heteroatoms. The van der Waals surface area contributed by atoms with Crippen molar-refractivity contribution in [2.45, 2.75) is 13.3 Å². The van der Waals surface area contributed by atoms with E-state index in [0.717, 1.165) is 26.1 Å². The van der Waals surface area contributed by atoms with Crippen LogP contribution in [-0.2, 0) is 9.47 Å². The predicted octanol–water partition coefficient (Wildman–Crippen LogP) is 0.108. The van der Waals surface area contributed by atoms with Gasteiger partial charge < -0.3 is 20.4 Å². The number of oxime groups is 1. The van der Waals surface area contributed by atoms with Crippen molar-refractivity contribution >= 4 is 5.84 Å². The molecule has 0 bridgehead atoms. The maximum atomic E-state index is 8.44. The first kappa shape index (κ1) is 15.2. The standard InChI is InChI=1S/C10H23N3O3/c1-3-13(9-10(11)12-14)5-8-16-7-4-6-15-2/h14H,3-9H2,1-2H3,(H2,11,12). The van der Waals surface area contributed by atoms with E-state index in [4.69, 9.17) is 20.4 Å². The first-order valence-electron chi connectivity index (χ1n) is 5.50. The average Bonchev–Trinajstić information content (AvgIpc) is 2.31. The second kappa shape index (κ2) is 10.7. The van der Waals surface area contributed by atoms with E-state index < -0.39 is 0 Å². The molecule has 0 saturated heterocycles. The Labute approximate surface area is 97.0 Å². The van der Waals surface area contributed by atoms with Crippen LogP contribution >= 0.6 is 0 Å². The van der Waals surface area contributed by atoms with Gasteiger partial charge in [0.15, 0.2) is 5.84 Å². The molecule has 16 heavy (non-hydrogen) atoms. The number of amidine groups is 1. The second-order valence-corrected chi connectivity index (χ2v) is 3.42. The SMILES string of the molecule is CCN(CCOCCCOC)CC(N)=NO. The zero-order valence-electron chi connectivity index (χ0n) is 10.2. The third kappa shape index (κ3) is 8.46. The molecule has 0 radical (unpaired) electrons. The van der Waals surface area contributed by atoms with Gasteiger partial charge in [-0.1, -0.05) is 12.1 Å². The van der Waals surface area contributed by atoms with Gasteiger partial charge in [0.1, 0.15) is 0 Å². The minimum Gasteiger partial charge on any atom is -0.409 e. The molecule has 0 fully saturated rings. The highest BCUT2D eigenvalue weighted by Crippen LogP contribution is 1.90. The van der Waals surface area contributed by atoms with Crippen molar-refractivity contribution in [1.82, 2.24) is 4.90 Å². The Morgan fingerprint density at radius 1 is 1.38 bits per heavy atom. The summed E-state index contributed by atoms with van der Waals surface area (Å²) in [5.41, 5.74) is 5.42. The van der Waals surface area contributed by atoms with Crippen molar-refractivity contribution in [2.75, 3.05) is 46.6 Å². The van der Waals surface area contributed by atoms with Crippen LogP contribution in [0, 0.1) is 0 Å². The van der Waals surface area contributed by atoms with Crippen LogP contribution in [0.3, 0.4) is 0 Å². The number of nitrogens with two attached hydrogens (primary N) is 1. The van der Waals surface area contributed by atoms with Gasteiger partial charge in [0, 0.05) is 26.9 Å². The summed E-state index contributed by atoms with van der Waals surface area (Å²) in [6, 6.07) is 0. The molecule has 0 saturated carbocycles. The van der Waals surface area contributed by atoms with E-state index in [2.05, 4.69) is 5.16 Å². The van der Waals surface area contributed by atoms with E-state index in [1.54, 1.807) is 7.11 Å². The molecule has 0 aliphatic rings. The molecule has 0 aromatic rings. The van der Waals surface area contributed by atoms with Gasteiger partial charge >= 0.3 is 0 Å². The minimum atomic E-state index is 0.223. The molecular weight excluding hydrogens is 210 g/mol. The lowest BCUT2D eigenvalue weighted by atomic mass is 10.4. The van der Waals surface area contributed by atoms with Crippen LogP contribution in [0.4, 0.5) is 0 Å². The molecule has 0 aromatic heterocycles. The van der Waals surface area contributed by atoms with Gasteiger partial charge in [0.05, 0.1) is 13.2 Å². The molecule has 0 aliphatic heterocycles. The molecular formula is C10H23N3O3. The molecule has 3 N–H and O–H groups in total. The van der Waals surface area contributed by atoms with E-state index in [0.29, 0.717) is 19.8 Å². The van der Waals surface area contributed by atoms with Gasteiger partial charge in [-0.15, -0.1) is 0 Å². The molecule has 0 heterocycles. The topological polar surface area (TPSA) is 80.3 Å². The molecule has 0 rings (SSSR count). The number of hydrogen-bond donors (Lipinski definition) is 2. The second-order valence-electron chi connectivity index (χ2n) is 3.42. The van der Waals surface area contributed by atoms with Crippen LogP contribution in [-0.4, -0.2) is 62.5 Å². The van der Waals surface area contributed by atoms with E-state index in [9.17, 15) is 0 Å². The van der Waals surface area contributed by atoms with E-state index >= 15 is 0 Å². The number of methoxy groups -OCH3 is 1. The summed E-state index contributed by atoms with van der Waals surface area (Å²) in [6.07, 6.45) is 0.906. The van der Waals surface area contributed by atoms with Gasteiger partial charge in [-0.2, -0.15) is 0 Å². The Bertz CT molecular complexity index is 188. The van der Waals surface area contributed by atoms with E-state index in [1.165, 1.54) is 0 Å². The third-order valence-corrected chi connectivity index (χ3v) is 2.15. The highest BCUT2D eigenvalue weighted by molar-refractivity contribution is 5.81.